The standard InChI is InChI=1S/C17H20N6O/c1-11-9-23(10-12(2)24-11)17-13-8-19-22(3)16(13)20-15(21-17)14-6-4-5-7-18-14/h4-8,11-12H,9-10H2,1-3H3/t11-,12+. The molecule has 7 heteroatoms. The van der Waals surface area contributed by atoms with Crippen LogP contribution in [0.5, 0.6) is 0 Å². The SMILES string of the molecule is C[C@@H]1CN(c2nc(-c3ccccn3)nc3c2cnn3C)C[C@H](C)O1. The smallest absolute Gasteiger partial charge is 0.182 e. The van der Waals surface area contributed by atoms with Gasteiger partial charge >= 0.3 is 0 Å². The molecule has 24 heavy (non-hydrogen) atoms. The predicted molar refractivity (Wildman–Crippen MR) is 91.8 cm³/mol. The van der Waals surface area contributed by atoms with Gasteiger partial charge in [-0.15, -0.1) is 0 Å². The van der Waals surface area contributed by atoms with Crippen LogP contribution in [-0.4, -0.2) is 50.0 Å². The summed E-state index contributed by atoms with van der Waals surface area (Å²) in [6.07, 6.45) is 3.91. The van der Waals surface area contributed by atoms with Crippen LogP contribution < -0.4 is 4.90 Å². The van der Waals surface area contributed by atoms with Gasteiger partial charge < -0.3 is 9.64 Å². The summed E-state index contributed by atoms with van der Waals surface area (Å²) < 4.78 is 7.63. The summed E-state index contributed by atoms with van der Waals surface area (Å²) in [5.74, 6) is 1.52. The zero-order valence-corrected chi connectivity index (χ0v) is 14.0. The molecule has 0 unspecified atom stereocenters. The number of aryl methyl sites for hydroxylation is 1. The molecule has 0 spiro atoms. The number of hydrogen-bond acceptors (Lipinski definition) is 6. The quantitative estimate of drug-likeness (QED) is 0.718. The highest BCUT2D eigenvalue weighted by atomic mass is 16.5. The molecule has 1 fully saturated rings. The van der Waals surface area contributed by atoms with Gasteiger partial charge in [0, 0.05) is 26.3 Å². The van der Waals surface area contributed by atoms with Crippen LogP contribution in [0.3, 0.4) is 0 Å². The summed E-state index contributed by atoms with van der Waals surface area (Å²) in [6.45, 7) is 5.77. The summed E-state index contributed by atoms with van der Waals surface area (Å²) in [4.78, 5) is 16.1. The fourth-order valence-corrected chi connectivity index (χ4v) is 3.21. The van der Waals surface area contributed by atoms with Crippen molar-refractivity contribution in [3.05, 3.63) is 30.6 Å². The molecule has 3 aromatic rings. The third-order valence-corrected chi connectivity index (χ3v) is 4.19. The van der Waals surface area contributed by atoms with Crippen molar-refractivity contribution in [1.29, 1.82) is 0 Å². The number of nitrogens with zero attached hydrogens (tertiary/aromatic N) is 6. The van der Waals surface area contributed by atoms with E-state index in [1.165, 1.54) is 0 Å². The van der Waals surface area contributed by atoms with Crippen LogP contribution in [0.4, 0.5) is 5.82 Å². The molecule has 0 aliphatic carbocycles. The lowest BCUT2D eigenvalue weighted by atomic mass is 10.2. The first-order valence-electron chi connectivity index (χ1n) is 8.13. The number of morpholine rings is 1. The molecule has 0 saturated carbocycles. The number of ether oxygens (including phenoxy) is 1. The molecule has 7 nitrogen and oxygen atoms in total. The van der Waals surface area contributed by atoms with Crippen molar-refractivity contribution >= 4 is 16.9 Å². The Labute approximate surface area is 140 Å². The van der Waals surface area contributed by atoms with E-state index in [0.717, 1.165) is 35.6 Å². The average molecular weight is 324 g/mol. The van der Waals surface area contributed by atoms with Crippen LogP contribution >= 0.6 is 0 Å². The zero-order chi connectivity index (χ0) is 16.7. The Bertz CT molecular complexity index is 852. The molecule has 0 amide bonds. The number of pyridine rings is 1. The highest BCUT2D eigenvalue weighted by Gasteiger charge is 2.26. The van der Waals surface area contributed by atoms with Gasteiger partial charge in [-0.25, -0.2) is 9.97 Å². The molecule has 1 saturated heterocycles. The van der Waals surface area contributed by atoms with Gasteiger partial charge in [0.25, 0.3) is 0 Å². The first-order valence-corrected chi connectivity index (χ1v) is 8.13. The van der Waals surface area contributed by atoms with Crippen LogP contribution in [0.25, 0.3) is 22.6 Å². The van der Waals surface area contributed by atoms with Gasteiger partial charge in [0.2, 0.25) is 0 Å². The molecule has 3 aromatic heterocycles. The monoisotopic (exact) mass is 324 g/mol. The Morgan fingerprint density at radius 3 is 2.62 bits per heavy atom. The van der Waals surface area contributed by atoms with Crippen LogP contribution in [0.2, 0.25) is 0 Å². The van der Waals surface area contributed by atoms with Gasteiger partial charge in [-0.3, -0.25) is 9.67 Å². The van der Waals surface area contributed by atoms with E-state index in [2.05, 4.69) is 33.8 Å². The third-order valence-electron chi connectivity index (χ3n) is 4.19. The Morgan fingerprint density at radius 1 is 1.12 bits per heavy atom. The molecule has 124 valence electrons. The van der Waals surface area contributed by atoms with Crippen molar-refractivity contribution in [2.24, 2.45) is 7.05 Å². The van der Waals surface area contributed by atoms with E-state index in [0.29, 0.717) is 5.82 Å². The summed E-state index contributed by atoms with van der Waals surface area (Å²) >= 11 is 0. The van der Waals surface area contributed by atoms with Gasteiger partial charge in [0.1, 0.15) is 11.5 Å². The molecule has 2 atom stereocenters. The van der Waals surface area contributed by atoms with Crippen molar-refractivity contribution in [3.63, 3.8) is 0 Å². The first-order chi connectivity index (χ1) is 11.6. The van der Waals surface area contributed by atoms with Gasteiger partial charge in [-0.1, -0.05) is 6.07 Å². The second-order valence-corrected chi connectivity index (χ2v) is 6.25. The maximum Gasteiger partial charge on any atom is 0.182 e. The maximum atomic E-state index is 5.85. The fraction of sp³-hybridized carbons (Fsp3) is 0.412. The molecule has 1 aliphatic heterocycles. The second kappa shape index (κ2) is 5.83. The van der Waals surface area contributed by atoms with E-state index in [-0.39, 0.29) is 12.2 Å². The lowest BCUT2D eigenvalue weighted by molar-refractivity contribution is -0.00536. The first kappa shape index (κ1) is 15.0. The van der Waals surface area contributed by atoms with E-state index in [1.807, 2.05) is 31.4 Å². The molecule has 0 bridgehead atoms. The topological polar surface area (TPSA) is 69.0 Å². The number of hydrogen-bond donors (Lipinski definition) is 0. The fourth-order valence-electron chi connectivity index (χ4n) is 3.21. The predicted octanol–water partition coefficient (Wildman–Crippen LogP) is 2.04. The molecule has 0 N–H and O–H groups in total. The lowest BCUT2D eigenvalue weighted by Crippen LogP contribution is -2.46. The van der Waals surface area contributed by atoms with Crippen molar-refractivity contribution in [2.75, 3.05) is 18.0 Å². The molecule has 0 radical (unpaired) electrons. The summed E-state index contributed by atoms with van der Waals surface area (Å²) in [5.41, 5.74) is 1.57. The number of anilines is 1. The highest BCUT2D eigenvalue weighted by Crippen LogP contribution is 2.28. The molecule has 4 rings (SSSR count). The molecule has 4 heterocycles. The van der Waals surface area contributed by atoms with Gasteiger partial charge in [-0.2, -0.15) is 5.10 Å². The number of aromatic nitrogens is 5. The largest absolute Gasteiger partial charge is 0.372 e. The molecule has 1 aliphatic rings. The minimum Gasteiger partial charge on any atom is -0.372 e. The Hall–Kier alpha value is -2.54. The minimum absolute atomic E-state index is 0.161. The van der Waals surface area contributed by atoms with Crippen molar-refractivity contribution in [2.45, 2.75) is 26.1 Å². The van der Waals surface area contributed by atoms with Crippen molar-refractivity contribution in [3.8, 4) is 11.5 Å². The molecule has 0 aromatic carbocycles. The zero-order valence-electron chi connectivity index (χ0n) is 14.0. The van der Waals surface area contributed by atoms with Crippen molar-refractivity contribution < 1.29 is 4.74 Å². The van der Waals surface area contributed by atoms with Crippen molar-refractivity contribution in [1.82, 2.24) is 24.7 Å². The average Bonchev–Trinajstić information content (AvgIpc) is 2.95. The molecular formula is C17H20N6O. The van der Waals surface area contributed by atoms with Crippen LogP contribution in [0.1, 0.15) is 13.8 Å². The minimum atomic E-state index is 0.161. The van der Waals surface area contributed by atoms with Gasteiger partial charge in [0.05, 0.1) is 23.8 Å². The van der Waals surface area contributed by atoms with Crippen LogP contribution in [0, 0.1) is 0 Å². The maximum absolute atomic E-state index is 5.85. The normalized spacial score (nSPS) is 21.4. The number of rotatable bonds is 2. The Morgan fingerprint density at radius 2 is 1.92 bits per heavy atom. The van der Waals surface area contributed by atoms with E-state index in [9.17, 15) is 0 Å². The molecular weight excluding hydrogens is 304 g/mol. The lowest BCUT2D eigenvalue weighted by Gasteiger charge is -2.36. The van der Waals surface area contributed by atoms with E-state index in [4.69, 9.17) is 9.72 Å². The summed E-state index contributed by atoms with van der Waals surface area (Å²) in [7, 11) is 1.89. The van der Waals surface area contributed by atoms with E-state index in [1.54, 1.807) is 10.9 Å². The highest BCUT2D eigenvalue weighted by molar-refractivity contribution is 5.88. The van der Waals surface area contributed by atoms with Gasteiger partial charge in [-0.05, 0) is 26.0 Å². The summed E-state index contributed by atoms with van der Waals surface area (Å²) in [5, 5.41) is 5.32. The van der Waals surface area contributed by atoms with E-state index < -0.39 is 0 Å². The van der Waals surface area contributed by atoms with E-state index >= 15 is 0 Å². The number of fused-ring (bicyclic) bond motifs is 1. The van der Waals surface area contributed by atoms with Crippen LogP contribution in [0.15, 0.2) is 30.6 Å². The third kappa shape index (κ3) is 2.60. The second-order valence-electron chi connectivity index (χ2n) is 6.25. The Balaban J connectivity index is 1.87. The van der Waals surface area contributed by atoms with Gasteiger partial charge in [0.15, 0.2) is 11.5 Å². The Kier molecular flexibility index (Phi) is 3.65. The van der Waals surface area contributed by atoms with Crippen LogP contribution in [-0.2, 0) is 11.8 Å². The summed E-state index contributed by atoms with van der Waals surface area (Å²) in [6, 6.07) is 5.75.